The summed E-state index contributed by atoms with van der Waals surface area (Å²) in [5, 5.41) is 0.0290. The lowest BCUT2D eigenvalue weighted by molar-refractivity contribution is -0.128. The number of rotatable bonds is 8. The van der Waals surface area contributed by atoms with E-state index in [1.165, 1.54) is 16.5 Å². The number of halogens is 1. The third kappa shape index (κ3) is 6.54. The third-order valence-corrected chi connectivity index (χ3v) is 14.3. The summed E-state index contributed by atoms with van der Waals surface area (Å²) < 4.78 is 13.8. The molecule has 0 radical (unpaired) electrons. The first-order valence-corrected chi connectivity index (χ1v) is 19.8. The number of ether oxygens (including phenoxy) is 1. The molecule has 35 heavy (non-hydrogen) atoms. The molecule has 1 heterocycles. The molecule has 6 nitrogen and oxygen atoms in total. The monoisotopic (exact) mass is 580 g/mol. The van der Waals surface area contributed by atoms with Crippen LogP contribution in [0.4, 0.5) is 4.79 Å². The number of carbonyl (C=O) groups excluding carboxylic acids is 2. The zero-order chi connectivity index (χ0) is 26.2. The Bertz CT molecular complexity index is 985. The van der Waals surface area contributed by atoms with Gasteiger partial charge in [0.05, 0.1) is 12.1 Å². The van der Waals surface area contributed by atoms with E-state index in [0.29, 0.717) is 19.6 Å². The molecule has 1 aromatic rings. The number of fused-ring (bicyclic) bond motifs is 1. The number of nitrogens with zero attached hydrogens (tertiary/aromatic N) is 2. The first-order valence-electron chi connectivity index (χ1n) is 12.4. The van der Waals surface area contributed by atoms with Gasteiger partial charge in [0.25, 0.3) is 5.91 Å². The maximum atomic E-state index is 13.7. The van der Waals surface area contributed by atoms with Crippen molar-refractivity contribution in [3.8, 4) is 0 Å². The van der Waals surface area contributed by atoms with Crippen LogP contribution in [0.3, 0.4) is 0 Å². The largest absolute Gasteiger partial charge is 0.408 e. The number of benzene rings is 1. The van der Waals surface area contributed by atoms with Gasteiger partial charge in [0, 0.05) is 31.8 Å². The fourth-order valence-electron chi connectivity index (χ4n) is 4.11. The summed E-state index contributed by atoms with van der Waals surface area (Å²) in [5.41, 5.74) is 2.30. The van der Waals surface area contributed by atoms with Crippen LogP contribution in [-0.2, 0) is 20.4 Å². The van der Waals surface area contributed by atoms with Crippen molar-refractivity contribution < 1.29 is 18.8 Å². The van der Waals surface area contributed by atoms with Gasteiger partial charge in [0.2, 0.25) is 0 Å². The Balaban J connectivity index is 1.88. The first-order chi connectivity index (χ1) is 16.1. The minimum atomic E-state index is -2.14. The maximum absolute atomic E-state index is 13.7. The van der Waals surface area contributed by atoms with E-state index >= 15 is 0 Å². The Hall–Kier alpha value is -1.27. The Labute approximate surface area is 221 Å². The summed E-state index contributed by atoms with van der Waals surface area (Å²) in [6, 6.07) is 6.64. The Morgan fingerprint density at radius 3 is 2.43 bits per heavy atom. The van der Waals surface area contributed by atoms with E-state index in [-0.39, 0.29) is 35.9 Å². The quantitative estimate of drug-likeness (QED) is 0.258. The molecule has 0 saturated heterocycles. The molecule has 0 fully saturated rings. The van der Waals surface area contributed by atoms with Crippen LogP contribution >= 0.6 is 15.9 Å². The molecule has 2 aliphatic rings. The van der Waals surface area contributed by atoms with Crippen molar-refractivity contribution >= 4 is 44.3 Å². The molecular formula is C26H41BrN2O4Si2. The van der Waals surface area contributed by atoms with E-state index < -0.39 is 16.4 Å². The Morgan fingerprint density at radius 1 is 1.11 bits per heavy atom. The van der Waals surface area contributed by atoms with Gasteiger partial charge in [-0.1, -0.05) is 74.6 Å². The van der Waals surface area contributed by atoms with Gasteiger partial charge in [-0.05, 0) is 47.8 Å². The second-order valence-electron chi connectivity index (χ2n) is 12.3. The zero-order valence-electron chi connectivity index (χ0n) is 22.5. The fourth-order valence-corrected chi connectivity index (χ4v) is 6.68. The SMILES string of the molecule is CC(C)(C)[Si](C)(C)OC1c2cccc(Br)c2CC1N1CC=CC(=O)N(COCC[Si](C)(C)C)C1=O. The van der Waals surface area contributed by atoms with Crippen LogP contribution in [0.5, 0.6) is 0 Å². The summed E-state index contributed by atoms with van der Waals surface area (Å²) in [6.45, 7) is 18.9. The predicted molar refractivity (Wildman–Crippen MR) is 150 cm³/mol. The number of amides is 3. The second-order valence-corrected chi connectivity index (χ2v) is 23.6. The molecule has 1 aliphatic heterocycles. The average molecular weight is 582 g/mol. The highest BCUT2D eigenvalue weighted by molar-refractivity contribution is 9.10. The molecule has 2 atom stereocenters. The maximum Gasteiger partial charge on any atom is 0.329 e. The van der Waals surface area contributed by atoms with Crippen LogP contribution in [0, 0.1) is 0 Å². The number of hydrogen-bond acceptors (Lipinski definition) is 4. The molecule has 0 aromatic heterocycles. The molecule has 3 amide bonds. The van der Waals surface area contributed by atoms with E-state index in [4.69, 9.17) is 9.16 Å². The van der Waals surface area contributed by atoms with Crippen molar-refractivity contribution in [2.45, 2.75) is 83.2 Å². The first kappa shape index (κ1) is 28.3. The lowest BCUT2D eigenvalue weighted by Gasteiger charge is -2.42. The molecule has 1 aromatic carbocycles. The standard InChI is InChI=1S/C26H41BrN2O4Si2/c1-26(2,3)35(7,8)33-24-19-11-9-12-21(27)20(19)17-22(24)28-14-10-13-23(30)29(25(28)31)18-32-15-16-34(4,5)6/h9-13,22,24H,14-18H2,1-8H3. The lowest BCUT2D eigenvalue weighted by atomic mass is 10.1. The normalized spacial score (nSPS) is 21.5. The van der Waals surface area contributed by atoms with Gasteiger partial charge in [-0.25, -0.2) is 9.69 Å². The minimum absolute atomic E-state index is 0.0277. The summed E-state index contributed by atoms with van der Waals surface area (Å²) >= 11 is 3.71. The van der Waals surface area contributed by atoms with Crippen LogP contribution in [0.2, 0.25) is 43.8 Å². The molecule has 0 saturated carbocycles. The van der Waals surface area contributed by atoms with Crippen LogP contribution in [0.1, 0.15) is 38.0 Å². The molecule has 0 bridgehead atoms. The smallest absolute Gasteiger partial charge is 0.329 e. The van der Waals surface area contributed by atoms with Crippen LogP contribution in [0.25, 0.3) is 0 Å². The number of carbonyl (C=O) groups is 2. The van der Waals surface area contributed by atoms with E-state index in [2.05, 4.69) is 75.5 Å². The van der Waals surface area contributed by atoms with Crippen LogP contribution in [-0.4, -0.2) is 64.1 Å². The number of urea groups is 1. The van der Waals surface area contributed by atoms with Crippen molar-refractivity contribution in [3.63, 3.8) is 0 Å². The lowest BCUT2D eigenvalue weighted by Crippen LogP contribution is -2.52. The van der Waals surface area contributed by atoms with Gasteiger partial charge < -0.3 is 14.1 Å². The fraction of sp³-hybridized carbons (Fsp3) is 0.615. The summed E-state index contributed by atoms with van der Waals surface area (Å²) in [5.74, 6) is -0.330. The van der Waals surface area contributed by atoms with E-state index in [1.54, 1.807) is 11.0 Å². The molecule has 0 spiro atoms. The van der Waals surface area contributed by atoms with Gasteiger partial charge in [-0.15, -0.1) is 0 Å². The summed E-state index contributed by atoms with van der Waals surface area (Å²) in [6.07, 6.45) is 3.70. The van der Waals surface area contributed by atoms with Gasteiger partial charge in [-0.2, -0.15) is 0 Å². The van der Waals surface area contributed by atoms with Crippen LogP contribution < -0.4 is 0 Å². The highest BCUT2D eigenvalue weighted by Crippen LogP contribution is 2.46. The molecule has 1 aliphatic carbocycles. The number of imide groups is 1. The molecule has 194 valence electrons. The van der Waals surface area contributed by atoms with E-state index in [1.807, 2.05) is 12.1 Å². The molecule has 2 unspecified atom stereocenters. The Morgan fingerprint density at radius 2 is 1.80 bits per heavy atom. The van der Waals surface area contributed by atoms with Crippen molar-refractivity contribution in [2.24, 2.45) is 0 Å². The molecular weight excluding hydrogens is 540 g/mol. The third-order valence-electron chi connectivity index (χ3n) is 7.37. The Kier molecular flexibility index (Phi) is 8.58. The van der Waals surface area contributed by atoms with Crippen molar-refractivity contribution in [1.82, 2.24) is 9.80 Å². The highest BCUT2D eigenvalue weighted by Gasteiger charge is 2.47. The van der Waals surface area contributed by atoms with E-state index in [9.17, 15) is 9.59 Å². The topological polar surface area (TPSA) is 59.1 Å². The summed E-state index contributed by atoms with van der Waals surface area (Å²) in [4.78, 5) is 29.6. The van der Waals surface area contributed by atoms with Crippen molar-refractivity contribution in [1.29, 1.82) is 0 Å². The molecule has 0 N–H and O–H groups in total. The zero-order valence-corrected chi connectivity index (χ0v) is 26.1. The highest BCUT2D eigenvalue weighted by atomic mass is 79.9. The minimum Gasteiger partial charge on any atom is -0.408 e. The van der Waals surface area contributed by atoms with Gasteiger partial charge >= 0.3 is 6.03 Å². The van der Waals surface area contributed by atoms with E-state index in [0.717, 1.165) is 16.1 Å². The van der Waals surface area contributed by atoms with Crippen molar-refractivity contribution in [3.05, 3.63) is 46.0 Å². The molecule has 9 heteroatoms. The molecule has 3 rings (SSSR count). The average Bonchev–Trinajstić information content (AvgIpc) is 3.01. The van der Waals surface area contributed by atoms with Crippen LogP contribution in [0.15, 0.2) is 34.8 Å². The van der Waals surface area contributed by atoms with Gasteiger partial charge in [0.15, 0.2) is 8.32 Å². The number of hydrogen-bond donors (Lipinski definition) is 0. The summed E-state index contributed by atoms with van der Waals surface area (Å²) in [7, 11) is -3.41. The van der Waals surface area contributed by atoms with Gasteiger partial charge in [0.1, 0.15) is 6.73 Å². The predicted octanol–water partition coefficient (Wildman–Crippen LogP) is 6.57. The van der Waals surface area contributed by atoms with Gasteiger partial charge in [-0.3, -0.25) is 4.79 Å². The van der Waals surface area contributed by atoms with Crippen molar-refractivity contribution in [2.75, 3.05) is 19.9 Å². The second kappa shape index (κ2) is 10.6.